The molecule has 0 aromatic heterocycles. The number of nitrogens with one attached hydrogen (secondary N) is 1. The lowest BCUT2D eigenvalue weighted by molar-refractivity contribution is 0.241. The van der Waals surface area contributed by atoms with E-state index in [1.54, 1.807) is 7.11 Å². The molecule has 0 bridgehead atoms. The number of nitrogens with zero attached hydrogens (tertiary/aromatic N) is 1. The summed E-state index contributed by atoms with van der Waals surface area (Å²) in [5, 5.41) is 3.34. The van der Waals surface area contributed by atoms with Gasteiger partial charge in [-0.1, -0.05) is 24.3 Å². The fourth-order valence-electron chi connectivity index (χ4n) is 1.81. The van der Waals surface area contributed by atoms with Gasteiger partial charge in [0.15, 0.2) is 0 Å². The second-order valence-corrected chi connectivity index (χ2v) is 4.52. The van der Waals surface area contributed by atoms with Gasteiger partial charge in [-0.25, -0.2) is 0 Å². The van der Waals surface area contributed by atoms with Gasteiger partial charge in [-0.3, -0.25) is 4.90 Å². The van der Waals surface area contributed by atoms with Crippen molar-refractivity contribution in [1.82, 2.24) is 10.2 Å². The van der Waals surface area contributed by atoms with E-state index in [1.165, 1.54) is 5.56 Å². The summed E-state index contributed by atoms with van der Waals surface area (Å²) < 4.78 is 5.37. The first-order valence-electron chi connectivity index (χ1n) is 6.32. The van der Waals surface area contributed by atoms with Crippen molar-refractivity contribution in [2.45, 2.75) is 19.5 Å². The highest BCUT2D eigenvalue weighted by Crippen LogP contribution is 2.19. The van der Waals surface area contributed by atoms with Crippen molar-refractivity contribution >= 4 is 0 Å². The molecule has 0 spiro atoms. The van der Waals surface area contributed by atoms with E-state index in [0.29, 0.717) is 6.04 Å². The van der Waals surface area contributed by atoms with Crippen LogP contribution >= 0.6 is 0 Å². The molecule has 0 amide bonds. The summed E-state index contributed by atoms with van der Waals surface area (Å²) in [6.07, 6.45) is 1.88. The fourth-order valence-corrected chi connectivity index (χ4v) is 1.81. The highest BCUT2D eigenvalue weighted by molar-refractivity contribution is 5.33. The van der Waals surface area contributed by atoms with Crippen LogP contribution in [0.2, 0.25) is 0 Å². The van der Waals surface area contributed by atoms with Gasteiger partial charge in [0, 0.05) is 31.2 Å². The van der Waals surface area contributed by atoms with Crippen LogP contribution in [0.25, 0.3) is 0 Å². The van der Waals surface area contributed by atoms with E-state index in [2.05, 4.69) is 36.8 Å². The van der Waals surface area contributed by atoms with Gasteiger partial charge in [0.05, 0.1) is 7.11 Å². The molecule has 0 saturated heterocycles. The molecule has 0 aliphatic carbocycles. The minimum absolute atomic E-state index is 0.467. The molecule has 18 heavy (non-hydrogen) atoms. The van der Waals surface area contributed by atoms with Crippen molar-refractivity contribution in [2.24, 2.45) is 0 Å². The standard InChI is InChI=1S/C15H24N2O/c1-5-10-16-11-13(2)17(3)12-14-8-6-7-9-15(14)18-4/h5-9,13,16H,1,10-12H2,2-4H3. The first-order chi connectivity index (χ1) is 8.69. The Morgan fingerprint density at radius 1 is 1.44 bits per heavy atom. The average molecular weight is 248 g/mol. The molecular weight excluding hydrogens is 224 g/mol. The largest absolute Gasteiger partial charge is 0.496 e. The Kier molecular flexibility index (Phi) is 6.47. The van der Waals surface area contributed by atoms with Crippen molar-refractivity contribution in [1.29, 1.82) is 0 Å². The zero-order chi connectivity index (χ0) is 13.4. The molecule has 0 aliphatic rings. The molecule has 1 aromatic rings. The van der Waals surface area contributed by atoms with E-state index in [4.69, 9.17) is 4.74 Å². The Morgan fingerprint density at radius 2 is 2.17 bits per heavy atom. The second kappa shape index (κ2) is 7.90. The van der Waals surface area contributed by atoms with E-state index in [0.717, 1.165) is 25.4 Å². The van der Waals surface area contributed by atoms with Crippen molar-refractivity contribution in [2.75, 3.05) is 27.2 Å². The number of para-hydroxylation sites is 1. The fraction of sp³-hybridized carbons (Fsp3) is 0.467. The monoisotopic (exact) mass is 248 g/mol. The molecule has 3 heteroatoms. The highest BCUT2D eigenvalue weighted by atomic mass is 16.5. The molecule has 1 rings (SSSR count). The molecule has 0 saturated carbocycles. The zero-order valence-electron chi connectivity index (χ0n) is 11.6. The molecule has 0 aliphatic heterocycles. The van der Waals surface area contributed by atoms with Gasteiger partial charge in [-0.2, -0.15) is 0 Å². The Bertz CT molecular complexity index is 365. The summed E-state index contributed by atoms with van der Waals surface area (Å²) in [5.74, 6) is 0.954. The number of rotatable bonds is 8. The van der Waals surface area contributed by atoms with Gasteiger partial charge in [-0.15, -0.1) is 6.58 Å². The normalized spacial score (nSPS) is 12.4. The van der Waals surface area contributed by atoms with Crippen LogP contribution in [0.15, 0.2) is 36.9 Å². The molecule has 0 heterocycles. The van der Waals surface area contributed by atoms with E-state index in [1.807, 2.05) is 24.3 Å². The number of likely N-dealkylation sites (N-methyl/N-ethyl adjacent to an activating group) is 1. The lowest BCUT2D eigenvalue weighted by Gasteiger charge is -2.25. The van der Waals surface area contributed by atoms with Crippen LogP contribution in [0.3, 0.4) is 0 Å². The van der Waals surface area contributed by atoms with E-state index < -0.39 is 0 Å². The topological polar surface area (TPSA) is 24.5 Å². The quantitative estimate of drug-likeness (QED) is 0.564. The average Bonchev–Trinajstić information content (AvgIpc) is 2.39. The van der Waals surface area contributed by atoms with Crippen LogP contribution in [0.4, 0.5) is 0 Å². The second-order valence-electron chi connectivity index (χ2n) is 4.52. The van der Waals surface area contributed by atoms with E-state index in [9.17, 15) is 0 Å². The number of methoxy groups -OCH3 is 1. The third-order valence-electron chi connectivity index (χ3n) is 3.09. The summed E-state index contributed by atoms with van der Waals surface area (Å²) >= 11 is 0. The first-order valence-corrected chi connectivity index (χ1v) is 6.32. The van der Waals surface area contributed by atoms with Crippen LogP contribution in [0.1, 0.15) is 12.5 Å². The maximum absolute atomic E-state index is 5.37. The maximum Gasteiger partial charge on any atom is 0.123 e. The molecule has 0 fully saturated rings. The Morgan fingerprint density at radius 3 is 2.83 bits per heavy atom. The number of ether oxygens (including phenoxy) is 1. The van der Waals surface area contributed by atoms with Crippen LogP contribution < -0.4 is 10.1 Å². The Hall–Kier alpha value is -1.32. The zero-order valence-corrected chi connectivity index (χ0v) is 11.6. The molecule has 0 radical (unpaired) electrons. The van der Waals surface area contributed by atoms with E-state index >= 15 is 0 Å². The van der Waals surface area contributed by atoms with Crippen molar-refractivity contribution in [3.63, 3.8) is 0 Å². The maximum atomic E-state index is 5.37. The van der Waals surface area contributed by atoms with Crippen molar-refractivity contribution < 1.29 is 4.74 Å². The first kappa shape index (κ1) is 14.7. The molecule has 1 atom stereocenters. The molecule has 1 unspecified atom stereocenters. The van der Waals surface area contributed by atoms with Gasteiger partial charge in [0.1, 0.15) is 5.75 Å². The minimum Gasteiger partial charge on any atom is -0.496 e. The van der Waals surface area contributed by atoms with Crippen LogP contribution in [0.5, 0.6) is 5.75 Å². The number of benzene rings is 1. The van der Waals surface area contributed by atoms with Gasteiger partial charge in [0.2, 0.25) is 0 Å². The van der Waals surface area contributed by atoms with Gasteiger partial charge in [0.25, 0.3) is 0 Å². The molecule has 100 valence electrons. The summed E-state index contributed by atoms with van der Waals surface area (Å²) in [6.45, 7) is 8.61. The SMILES string of the molecule is C=CCNCC(C)N(C)Cc1ccccc1OC. The lowest BCUT2D eigenvalue weighted by atomic mass is 10.1. The lowest BCUT2D eigenvalue weighted by Crippen LogP contribution is -2.37. The Labute approximate surface area is 110 Å². The van der Waals surface area contributed by atoms with Crippen molar-refractivity contribution in [3.8, 4) is 5.75 Å². The smallest absolute Gasteiger partial charge is 0.123 e. The summed E-state index contributed by atoms with van der Waals surface area (Å²) in [4.78, 5) is 2.31. The molecular formula is C15H24N2O. The highest BCUT2D eigenvalue weighted by Gasteiger charge is 2.11. The predicted octanol–water partition coefficient (Wildman–Crippen LogP) is 2.29. The molecule has 1 N–H and O–H groups in total. The third-order valence-corrected chi connectivity index (χ3v) is 3.09. The van der Waals surface area contributed by atoms with Crippen LogP contribution in [-0.4, -0.2) is 38.2 Å². The minimum atomic E-state index is 0.467. The van der Waals surface area contributed by atoms with Crippen LogP contribution in [0, 0.1) is 0 Å². The van der Waals surface area contributed by atoms with E-state index in [-0.39, 0.29) is 0 Å². The van der Waals surface area contributed by atoms with Gasteiger partial charge < -0.3 is 10.1 Å². The third kappa shape index (κ3) is 4.51. The van der Waals surface area contributed by atoms with Crippen LogP contribution in [-0.2, 0) is 6.54 Å². The summed E-state index contributed by atoms with van der Waals surface area (Å²) in [5.41, 5.74) is 1.22. The number of hydrogen-bond acceptors (Lipinski definition) is 3. The summed E-state index contributed by atoms with van der Waals surface area (Å²) in [7, 11) is 3.85. The number of hydrogen-bond donors (Lipinski definition) is 1. The summed E-state index contributed by atoms with van der Waals surface area (Å²) in [6, 6.07) is 8.63. The molecule has 3 nitrogen and oxygen atoms in total. The molecule has 1 aromatic carbocycles. The Balaban J connectivity index is 2.52. The van der Waals surface area contributed by atoms with Gasteiger partial charge in [-0.05, 0) is 20.0 Å². The van der Waals surface area contributed by atoms with Crippen molar-refractivity contribution in [3.05, 3.63) is 42.5 Å². The van der Waals surface area contributed by atoms with Gasteiger partial charge >= 0.3 is 0 Å². The predicted molar refractivity (Wildman–Crippen MR) is 77.0 cm³/mol.